The van der Waals surface area contributed by atoms with Crippen LogP contribution in [0.15, 0.2) is 30.3 Å². The van der Waals surface area contributed by atoms with Gasteiger partial charge in [0.25, 0.3) is 0 Å². The minimum Gasteiger partial charge on any atom is -0.309 e. The van der Waals surface area contributed by atoms with E-state index in [1.165, 1.54) is 37.9 Å². The van der Waals surface area contributed by atoms with Crippen LogP contribution in [-0.2, 0) is 0 Å². The van der Waals surface area contributed by atoms with Crippen LogP contribution in [-0.4, -0.2) is 30.6 Å². The van der Waals surface area contributed by atoms with Crippen LogP contribution in [0.25, 0.3) is 0 Å². The number of nitrogens with one attached hydrogen (secondary N) is 1. The zero-order valence-electron chi connectivity index (χ0n) is 13.3. The molecule has 1 aliphatic heterocycles. The normalized spacial score (nSPS) is 24.1. The number of benzene rings is 1. The Morgan fingerprint density at radius 1 is 1.20 bits per heavy atom. The van der Waals surface area contributed by atoms with Crippen molar-refractivity contribution in [1.29, 1.82) is 0 Å². The maximum absolute atomic E-state index is 3.69. The molecule has 0 spiro atoms. The molecule has 1 saturated heterocycles. The van der Waals surface area contributed by atoms with Crippen molar-refractivity contribution in [1.82, 2.24) is 10.2 Å². The van der Waals surface area contributed by atoms with Gasteiger partial charge in [-0.1, -0.05) is 44.2 Å². The monoisotopic (exact) mass is 274 g/mol. The first-order valence-corrected chi connectivity index (χ1v) is 8.24. The molecule has 1 aromatic rings. The van der Waals surface area contributed by atoms with Crippen LogP contribution >= 0.6 is 0 Å². The second kappa shape index (κ2) is 7.80. The van der Waals surface area contributed by atoms with E-state index in [1.54, 1.807) is 0 Å². The molecule has 0 saturated carbocycles. The molecule has 0 radical (unpaired) electrons. The SMILES string of the molecule is CCNC(c1ccccc1)C(C)N1CCCC(C)CC1. The molecule has 0 bridgehead atoms. The van der Waals surface area contributed by atoms with Gasteiger partial charge >= 0.3 is 0 Å². The van der Waals surface area contributed by atoms with Crippen LogP contribution in [0.1, 0.15) is 51.6 Å². The molecule has 1 aromatic carbocycles. The van der Waals surface area contributed by atoms with Crippen molar-refractivity contribution in [2.24, 2.45) is 5.92 Å². The highest BCUT2D eigenvalue weighted by molar-refractivity contribution is 5.20. The van der Waals surface area contributed by atoms with Crippen molar-refractivity contribution in [3.8, 4) is 0 Å². The summed E-state index contributed by atoms with van der Waals surface area (Å²) in [6, 6.07) is 11.9. The summed E-state index contributed by atoms with van der Waals surface area (Å²) in [7, 11) is 0. The maximum atomic E-state index is 3.69. The van der Waals surface area contributed by atoms with Crippen molar-refractivity contribution >= 4 is 0 Å². The van der Waals surface area contributed by atoms with Gasteiger partial charge in [-0.3, -0.25) is 4.90 Å². The molecule has 1 heterocycles. The Kier molecular flexibility index (Phi) is 6.06. The van der Waals surface area contributed by atoms with E-state index in [1.807, 2.05) is 0 Å². The molecule has 112 valence electrons. The van der Waals surface area contributed by atoms with Crippen molar-refractivity contribution in [3.63, 3.8) is 0 Å². The van der Waals surface area contributed by atoms with E-state index < -0.39 is 0 Å². The van der Waals surface area contributed by atoms with Gasteiger partial charge in [0, 0.05) is 12.1 Å². The Bertz CT molecular complexity index is 376. The second-order valence-electron chi connectivity index (χ2n) is 6.26. The van der Waals surface area contributed by atoms with E-state index >= 15 is 0 Å². The first kappa shape index (κ1) is 15.5. The molecule has 2 rings (SSSR count). The van der Waals surface area contributed by atoms with Crippen molar-refractivity contribution in [2.45, 2.75) is 52.1 Å². The van der Waals surface area contributed by atoms with Gasteiger partial charge in [-0.15, -0.1) is 0 Å². The molecule has 0 aromatic heterocycles. The van der Waals surface area contributed by atoms with Gasteiger partial charge in [0.1, 0.15) is 0 Å². The van der Waals surface area contributed by atoms with Crippen LogP contribution in [0, 0.1) is 5.92 Å². The van der Waals surface area contributed by atoms with Gasteiger partial charge in [-0.25, -0.2) is 0 Å². The van der Waals surface area contributed by atoms with Crippen molar-refractivity contribution in [2.75, 3.05) is 19.6 Å². The lowest BCUT2D eigenvalue weighted by Gasteiger charge is -2.35. The third-order valence-corrected chi connectivity index (χ3v) is 4.69. The highest BCUT2D eigenvalue weighted by atomic mass is 15.2. The molecule has 2 nitrogen and oxygen atoms in total. The Morgan fingerprint density at radius 3 is 2.65 bits per heavy atom. The van der Waals surface area contributed by atoms with Gasteiger partial charge in [-0.2, -0.15) is 0 Å². The Morgan fingerprint density at radius 2 is 1.95 bits per heavy atom. The average Bonchev–Trinajstić information content (AvgIpc) is 2.70. The molecule has 20 heavy (non-hydrogen) atoms. The molecule has 3 unspecified atom stereocenters. The van der Waals surface area contributed by atoms with E-state index in [2.05, 4.69) is 61.3 Å². The standard InChI is InChI=1S/C18H30N2/c1-4-19-18(17-10-6-5-7-11-17)16(3)20-13-8-9-15(2)12-14-20/h5-7,10-11,15-16,18-19H,4,8-9,12-14H2,1-3H3. The van der Waals surface area contributed by atoms with Gasteiger partial charge in [0.05, 0.1) is 0 Å². The molecular weight excluding hydrogens is 244 g/mol. The zero-order valence-corrected chi connectivity index (χ0v) is 13.3. The van der Waals surface area contributed by atoms with E-state index in [4.69, 9.17) is 0 Å². The van der Waals surface area contributed by atoms with E-state index in [0.717, 1.165) is 12.5 Å². The number of rotatable bonds is 5. The summed E-state index contributed by atoms with van der Waals surface area (Å²) in [6.45, 7) is 10.5. The number of likely N-dealkylation sites (tertiary alicyclic amines) is 1. The summed E-state index contributed by atoms with van der Waals surface area (Å²) in [5.74, 6) is 0.890. The van der Waals surface area contributed by atoms with E-state index in [-0.39, 0.29) is 0 Å². The quantitative estimate of drug-likeness (QED) is 0.877. The van der Waals surface area contributed by atoms with Crippen molar-refractivity contribution in [3.05, 3.63) is 35.9 Å². The number of hydrogen-bond donors (Lipinski definition) is 1. The first-order chi connectivity index (χ1) is 9.72. The van der Waals surface area contributed by atoms with Crippen LogP contribution in [0.2, 0.25) is 0 Å². The lowest BCUT2D eigenvalue weighted by Crippen LogP contribution is -2.43. The third-order valence-electron chi connectivity index (χ3n) is 4.69. The van der Waals surface area contributed by atoms with Gasteiger partial charge in [0.2, 0.25) is 0 Å². The fraction of sp³-hybridized carbons (Fsp3) is 0.667. The minimum absolute atomic E-state index is 0.439. The molecule has 1 fully saturated rings. The summed E-state index contributed by atoms with van der Waals surface area (Å²) in [4.78, 5) is 2.68. The summed E-state index contributed by atoms with van der Waals surface area (Å²) in [5.41, 5.74) is 1.42. The van der Waals surface area contributed by atoms with Gasteiger partial charge < -0.3 is 5.32 Å². The Balaban J connectivity index is 2.08. The van der Waals surface area contributed by atoms with Crippen LogP contribution in [0.5, 0.6) is 0 Å². The van der Waals surface area contributed by atoms with Crippen molar-refractivity contribution < 1.29 is 0 Å². The number of nitrogens with zero attached hydrogens (tertiary/aromatic N) is 1. The molecule has 0 amide bonds. The number of hydrogen-bond acceptors (Lipinski definition) is 2. The third kappa shape index (κ3) is 4.07. The topological polar surface area (TPSA) is 15.3 Å². The Hall–Kier alpha value is -0.860. The summed E-state index contributed by atoms with van der Waals surface area (Å²) >= 11 is 0. The largest absolute Gasteiger partial charge is 0.309 e. The predicted octanol–water partition coefficient (Wildman–Crippen LogP) is 3.85. The van der Waals surface area contributed by atoms with Gasteiger partial charge in [0.15, 0.2) is 0 Å². The molecule has 0 aliphatic carbocycles. The van der Waals surface area contributed by atoms with Crippen LogP contribution in [0.4, 0.5) is 0 Å². The van der Waals surface area contributed by atoms with E-state index in [0.29, 0.717) is 12.1 Å². The second-order valence-corrected chi connectivity index (χ2v) is 6.26. The summed E-state index contributed by atoms with van der Waals surface area (Å²) in [6.07, 6.45) is 4.08. The Labute approximate surface area is 124 Å². The van der Waals surface area contributed by atoms with E-state index in [9.17, 15) is 0 Å². The van der Waals surface area contributed by atoms with Gasteiger partial charge in [-0.05, 0) is 57.3 Å². The lowest BCUT2D eigenvalue weighted by molar-refractivity contribution is 0.174. The maximum Gasteiger partial charge on any atom is 0.0475 e. The molecule has 3 atom stereocenters. The van der Waals surface area contributed by atoms with Crippen LogP contribution < -0.4 is 5.32 Å². The first-order valence-electron chi connectivity index (χ1n) is 8.24. The minimum atomic E-state index is 0.439. The molecule has 2 heteroatoms. The summed E-state index contributed by atoms with van der Waals surface area (Å²) in [5, 5.41) is 3.69. The molecule has 1 aliphatic rings. The summed E-state index contributed by atoms with van der Waals surface area (Å²) < 4.78 is 0. The fourth-order valence-corrected chi connectivity index (χ4v) is 3.35. The fourth-order valence-electron chi connectivity index (χ4n) is 3.35. The molecule has 1 N–H and O–H groups in total. The zero-order chi connectivity index (χ0) is 14.4. The lowest BCUT2D eigenvalue weighted by atomic mass is 9.98. The average molecular weight is 274 g/mol. The highest BCUT2D eigenvalue weighted by Crippen LogP contribution is 2.25. The highest BCUT2D eigenvalue weighted by Gasteiger charge is 2.25. The molecular formula is C18H30N2. The predicted molar refractivity (Wildman–Crippen MR) is 86.9 cm³/mol. The smallest absolute Gasteiger partial charge is 0.0475 e. The number of likely N-dealkylation sites (N-methyl/N-ethyl adjacent to an activating group) is 1. The van der Waals surface area contributed by atoms with Crippen LogP contribution in [0.3, 0.4) is 0 Å².